The van der Waals surface area contributed by atoms with Gasteiger partial charge in [-0.15, -0.1) is 0 Å². The molecule has 0 bridgehead atoms. The third kappa shape index (κ3) is 4.52. The van der Waals surface area contributed by atoms with Crippen molar-refractivity contribution in [3.63, 3.8) is 0 Å². The standard InChI is InChI=1S/C13H27NO/c1-4-9-14-13(11(3)15-5-2)10-12-7-6-8-12/h11-14H,4-10H2,1-3H3. The Hall–Kier alpha value is -0.0800. The second-order valence-corrected chi connectivity index (χ2v) is 4.75. The molecule has 0 heterocycles. The molecule has 0 radical (unpaired) electrons. The van der Waals surface area contributed by atoms with Crippen LogP contribution in [-0.2, 0) is 4.74 Å². The van der Waals surface area contributed by atoms with Crippen LogP contribution in [0.25, 0.3) is 0 Å². The van der Waals surface area contributed by atoms with Gasteiger partial charge in [-0.3, -0.25) is 0 Å². The van der Waals surface area contributed by atoms with Gasteiger partial charge in [0, 0.05) is 12.6 Å². The molecule has 0 aromatic carbocycles. The summed E-state index contributed by atoms with van der Waals surface area (Å²) in [5, 5.41) is 3.63. The zero-order valence-corrected chi connectivity index (χ0v) is 10.6. The highest BCUT2D eigenvalue weighted by molar-refractivity contribution is 4.81. The van der Waals surface area contributed by atoms with Crippen LogP contribution in [0.4, 0.5) is 0 Å². The fourth-order valence-corrected chi connectivity index (χ4v) is 2.24. The Labute approximate surface area is 94.8 Å². The Balaban J connectivity index is 2.28. The number of hydrogen-bond acceptors (Lipinski definition) is 2. The molecule has 0 aliphatic heterocycles. The zero-order chi connectivity index (χ0) is 11.1. The van der Waals surface area contributed by atoms with Crippen molar-refractivity contribution < 1.29 is 4.74 Å². The summed E-state index contributed by atoms with van der Waals surface area (Å²) in [5.74, 6) is 0.960. The minimum Gasteiger partial charge on any atom is -0.377 e. The molecule has 1 fully saturated rings. The molecule has 0 amide bonds. The van der Waals surface area contributed by atoms with Crippen molar-refractivity contribution in [3.8, 4) is 0 Å². The van der Waals surface area contributed by atoms with Gasteiger partial charge in [0.05, 0.1) is 6.10 Å². The topological polar surface area (TPSA) is 21.3 Å². The highest BCUT2D eigenvalue weighted by Crippen LogP contribution is 2.31. The SMILES string of the molecule is CCCNC(CC1CCC1)C(C)OCC. The molecule has 15 heavy (non-hydrogen) atoms. The third-order valence-corrected chi connectivity index (χ3v) is 3.46. The van der Waals surface area contributed by atoms with Crippen LogP contribution in [0.1, 0.15) is 52.9 Å². The van der Waals surface area contributed by atoms with Crippen molar-refractivity contribution in [1.29, 1.82) is 0 Å². The molecular formula is C13H27NO. The average molecular weight is 213 g/mol. The van der Waals surface area contributed by atoms with Crippen molar-refractivity contribution >= 4 is 0 Å². The lowest BCUT2D eigenvalue weighted by molar-refractivity contribution is 0.0361. The maximum Gasteiger partial charge on any atom is 0.0699 e. The van der Waals surface area contributed by atoms with E-state index < -0.39 is 0 Å². The van der Waals surface area contributed by atoms with Gasteiger partial charge in [-0.1, -0.05) is 26.2 Å². The van der Waals surface area contributed by atoms with Crippen molar-refractivity contribution in [2.24, 2.45) is 5.92 Å². The first-order valence-electron chi connectivity index (χ1n) is 6.62. The molecule has 2 unspecified atom stereocenters. The van der Waals surface area contributed by atoms with Gasteiger partial charge in [-0.2, -0.15) is 0 Å². The Bertz CT molecular complexity index is 157. The maximum absolute atomic E-state index is 5.71. The maximum atomic E-state index is 5.71. The third-order valence-electron chi connectivity index (χ3n) is 3.46. The molecule has 90 valence electrons. The van der Waals surface area contributed by atoms with Crippen molar-refractivity contribution in [3.05, 3.63) is 0 Å². The van der Waals surface area contributed by atoms with Crippen LogP contribution in [0.5, 0.6) is 0 Å². The number of rotatable bonds is 8. The fourth-order valence-electron chi connectivity index (χ4n) is 2.24. The number of hydrogen-bond donors (Lipinski definition) is 1. The van der Waals surface area contributed by atoms with Gasteiger partial charge >= 0.3 is 0 Å². The second kappa shape index (κ2) is 7.24. The van der Waals surface area contributed by atoms with Crippen molar-refractivity contribution in [1.82, 2.24) is 5.32 Å². The molecule has 1 rings (SSSR count). The van der Waals surface area contributed by atoms with Crippen molar-refractivity contribution in [2.75, 3.05) is 13.2 Å². The van der Waals surface area contributed by atoms with E-state index in [0.717, 1.165) is 19.1 Å². The summed E-state index contributed by atoms with van der Waals surface area (Å²) < 4.78 is 5.71. The molecule has 0 aromatic rings. The minimum absolute atomic E-state index is 0.363. The van der Waals surface area contributed by atoms with Gasteiger partial charge in [-0.05, 0) is 39.2 Å². The molecule has 2 atom stereocenters. The van der Waals surface area contributed by atoms with E-state index in [4.69, 9.17) is 4.74 Å². The Morgan fingerprint density at radius 3 is 2.53 bits per heavy atom. The quantitative estimate of drug-likeness (QED) is 0.669. The molecule has 0 aromatic heterocycles. The number of nitrogens with one attached hydrogen (secondary N) is 1. The lowest BCUT2D eigenvalue weighted by Crippen LogP contribution is -2.42. The minimum atomic E-state index is 0.363. The Morgan fingerprint density at radius 1 is 1.33 bits per heavy atom. The molecule has 0 spiro atoms. The zero-order valence-electron chi connectivity index (χ0n) is 10.6. The van der Waals surface area contributed by atoms with E-state index in [1.165, 1.54) is 32.1 Å². The summed E-state index contributed by atoms with van der Waals surface area (Å²) in [6.45, 7) is 8.45. The molecule has 1 saturated carbocycles. The first-order chi connectivity index (χ1) is 7.27. The number of ether oxygens (including phenoxy) is 1. The predicted octanol–water partition coefficient (Wildman–Crippen LogP) is 2.97. The van der Waals surface area contributed by atoms with E-state index in [0.29, 0.717) is 12.1 Å². The van der Waals surface area contributed by atoms with E-state index in [-0.39, 0.29) is 0 Å². The van der Waals surface area contributed by atoms with E-state index in [9.17, 15) is 0 Å². The average Bonchev–Trinajstić information content (AvgIpc) is 2.15. The van der Waals surface area contributed by atoms with Gasteiger partial charge in [0.25, 0.3) is 0 Å². The largest absolute Gasteiger partial charge is 0.377 e. The van der Waals surface area contributed by atoms with Crippen LogP contribution in [0, 0.1) is 5.92 Å². The van der Waals surface area contributed by atoms with Gasteiger partial charge in [0.15, 0.2) is 0 Å². The summed E-state index contributed by atoms with van der Waals surface area (Å²) in [5.41, 5.74) is 0. The summed E-state index contributed by atoms with van der Waals surface area (Å²) in [4.78, 5) is 0. The van der Waals surface area contributed by atoms with Crippen LogP contribution in [0.2, 0.25) is 0 Å². The predicted molar refractivity (Wildman–Crippen MR) is 65.1 cm³/mol. The first-order valence-corrected chi connectivity index (χ1v) is 6.62. The summed E-state index contributed by atoms with van der Waals surface area (Å²) in [7, 11) is 0. The second-order valence-electron chi connectivity index (χ2n) is 4.75. The summed E-state index contributed by atoms with van der Waals surface area (Å²) >= 11 is 0. The van der Waals surface area contributed by atoms with Crippen LogP contribution < -0.4 is 5.32 Å². The smallest absolute Gasteiger partial charge is 0.0699 e. The molecule has 1 aliphatic rings. The lowest BCUT2D eigenvalue weighted by atomic mass is 9.80. The summed E-state index contributed by atoms with van der Waals surface area (Å²) in [6.07, 6.45) is 7.18. The molecule has 1 aliphatic carbocycles. The van der Waals surface area contributed by atoms with Crippen LogP contribution >= 0.6 is 0 Å². The molecule has 1 N–H and O–H groups in total. The molecule has 2 nitrogen and oxygen atoms in total. The van der Waals surface area contributed by atoms with Crippen LogP contribution in [-0.4, -0.2) is 25.3 Å². The van der Waals surface area contributed by atoms with Crippen molar-refractivity contribution in [2.45, 2.75) is 65.0 Å². The highest BCUT2D eigenvalue weighted by Gasteiger charge is 2.25. The van der Waals surface area contributed by atoms with E-state index in [2.05, 4.69) is 26.1 Å². The van der Waals surface area contributed by atoms with Crippen LogP contribution in [0.3, 0.4) is 0 Å². The Morgan fingerprint density at radius 2 is 2.07 bits per heavy atom. The fraction of sp³-hybridized carbons (Fsp3) is 1.00. The van der Waals surface area contributed by atoms with Crippen LogP contribution in [0.15, 0.2) is 0 Å². The normalized spacial score (nSPS) is 21.0. The van der Waals surface area contributed by atoms with Gasteiger partial charge < -0.3 is 10.1 Å². The lowest BCUT2D eigenvalue weighted by Gasteiger charge is -2.33. The first kappa shape index (κ1) is 13.0. The van der Waals surface area contributed by atoms with E-state index in [1.54, 1.807) is 0 Å². The van der Waals surface area contributed by atoms with E-state index in [1.807, 2.05) is 0 Å². The van der Waals surface area contributed by atoms with Gasteiger partial charge in [-0.25, -0.2) is 0 Å². The van der Waals surface area contributed by atoms with E-state index >= 15 is 0 Å². The molecule has 2 heteroatoms. The monoisotopic (exact) mass is 213 g/mol. The molecular weight excluding hydrogens is 186 g/mol. The Kier molecular flexibility index (Phi) is 6.26. The van der Waals surface area contributed by atoms with Gasteiger partial charge in [0.2, 0.25) is 0 Å². The summed E-state index contributed by atoms with van der Waals surface area (Å²) in [6, 6.07) is 0.565. The highest BCUT2D eigenvalue weighted by atomic mass is 16.5. The van der Waals surface area contributed by atoms with Gasteiger partial charge in [0.1, 0.15) is 0 Å². The molecule has 0 saturated heterocycles.